The summed E-state index contributed by atoms with van der Waals surface area (Å²) in [5.74, 6) is 0. The zero-order valence-electron chi connectivity index (χ0n) is 11.8. The van der Waals surface area contributed by atoms with Crippen molar-refractivity contribution in [1.82, 2.24) is 0 Å². The summed E-state index contributed by atoms with van der Waals surface area (Å²) in [6.45, 7) is 11.4. The molecule has 1 aliphatic carbocycles. The normalized spacial score (nSPS) is 13.2. The standard InChI is InChI=1S/C8H18P.C5H5.3ClH.V/c1-8(2,3)6-7-9(4)5;1-2-4-5-3-1;;;;/h6H,7H2,1-5H3;1-3H,4H2;3*1H;/q2*-1;;;;+3/p-3. The molecule has 0 saturated heterocycles. The van der Waals surface area contributed by atoms with Crippen molar-refractivity contribution in [2.45, 2.75) is 27.2 Å². The summed E-state index contributed by atoms with van der Waals surface area (Å²) in [4.78, 5) is 0. The van der Waals surface area contributed by atoms with Crippen LogP contribution < -0.4 is 0 Å². The molecule has 0 saturated carbocycles. The summed E-state index contributed by atoms with van der Waals surface area (Å²) in [6.07, 6.45) is 13.7. The van der Waals surface area contributed by atoms with Gasteiger partial charge in [-0.1, -0.05) is 20.8 Å². The van der Waals surface area contributed by atoms with Crippen molar-refractivity contribution in [1.29, 1.82) is 0 Å². The predicted octanol–water partition coefficient (Wildman–Crippen LogP) is 6.35. The van der Waals surface area contributed by atoms with E-state index >= 15 is 0 Å². The third-order valence-corrected chi connectivity index (χ3v) is 2.57. The Kier molecular flexibility index (Phi) is 16.1. The molecule has 0 amide bonds. The first kappa shape index (κ1) is 21.7. The molecule has 0 aromatic carbocycles. The van der Waals surface area contributed by atoms with Crippen molar-refractivity contribution in [3.8, 4) is 0 Å². The van der Waals surface area contributed by atoms with E-state index in [0.717, 1.165) is 6.42 Å². The minimum absolute atomic E-state index is 0.280. The molecule has 0 spiro atoms. The molecule has 18 heavy (non-hydrogen) atoms. The summed E-state index contributed by atoms with van der Waals surface area (Å²) in [7, 11) is 15.1. The van der Waals surface area contributed by atoms with Crippen molar-refractivity contribution in [2.24, 2.45) is 5.41 Å². The molecular weight excluding hydrogens is 344 g/mol. The van der Waals surface area contributed by atoms with E-state index in [0.29, 0.717) is 5.41 Å². The van der Waals surface area contributed by atoms with E-state index in [1.807, 2.05) is 12.2 Å². The Labute approximate surface area is 132 Å². The first-order chi connectivity index (χ1) is 8.15. The molecule has 108 valence electrons. The zero-order valence-corrected chi connectivity index (χ0v) is 16.3. The third-order valence-electron chi connectivity index (χ3n) is 1.65. The fraction of sp³-hybridized carbons (Fsp3) is 0.615. The van der Waals surface area contributed by atoms with E-state index < -0.39 is 12.3 Å². The van der Waals surface area contributed by atoms with E-state index in [4.69, 9.17) is 29.5 Å². The van der Waals surface area contributed by atoms with Gasteiger partial charge in [0.2, 0.25) is 0 Å². The molecule has 1 rings (SSSR count). The Bertz CT molecular complexity index is 220. The van der Waals surface area contributed by atoms with Gasteiger partial charge in [-0.05, 0) is 13.3 Å². The van der Waals surface area contributed by atoms with Gasteiger partial charge >= 0.3 is 41.8 Å². The molecule has 0 atom stereocenters. The van der Waals surface area contributed by atoms with Crippen molar-refractivity contribution >= 4 is 37.5 Å². The molecule has 0 aliphatic heterocycles. The maximum absolute atomic E-state index is 4.95. The van der Waals surface area contributed by atoms with Gasteiger partial charge in [0.25, 0.3) is 0 Å². The van der Waals surface area contributed by atoms with Crippen LogP contribution in [-0.2, 0) is 12.3 Å². The Morgan fingerprint density at radius 1 is 1.28 bits per heavy atom. The number of allylic oxidation sites excluding steroid dienone is 4. The molecule has 0 heterocycles. The van der Waals surface area contributed by atoms with Gasteiger partial charge in [0, 0.05) is 0 Å². The summed E-state index contributed by atoms with van der Waals surface area (Å²) in [6, 6.07) is 0. The van der Waals surface area contributed by atoms with Gasteiger partial charge in [-0.2, -0.15) is 17.7 Å². The maximum atomic E-state index is 4.95. The number of hydrogen-bond donors (Lipinski definition) is 0. The summed E-state index contributed by atoms with van der Waals surface area (Å²) in [5.41, 5.74) is 0.423. The van der Waals surface area contributed by atoms with Crippen molar-refractivity contribution in [3.63, 3.8) is 0 Å². The van der Waals surface area contributed by atoms with E-state index in [-0.39, 0.29) is 7.92 Å². The molecule has 0 fully saturated rings. The SMILES string of the molecule is CP(C)C[CH-]C(C)(C)C.[C-]1=CC=CC1.[Cl][V]([Cl])[Cl]. The van der Waals surface area contributed by atoms with Gasteiger partial charge in [0.1, 0.15) is 0 Å². The molecule has 0 N–H and O–H groups in total. The van der Waals surface area contributed by atoms with Crippen LogP contribution in [0.15, 0.2) is 18.2 Å². The monoisotopic (exact) mass is 366 g/mol. The summed E-state index contributed by atoms with van der Waals surface area (Å²) in [5, 5.41) is 0. The average molecular weight is 368 g/mol. The first-order valence-electron chi connectivity index (χ1n) is 5.63. The Balaban J connectivity index is 0. The Hall–Kier alpha value is 1.36. The second-order valence-corrected chi connectivity index (χ2v) is 14.5. The van der Waals surface area contributed by atoms with Gasteiger partial charge in [-0.15, -0.1) is 14.3 Å². The molecule has 1 aliphatic rings. The average Bonchev–Trinajstić information content (AvgIpc) is 2.70. The van der Waals surface area contributed by atoms with Gasteiger partial charge < -0.3 is 6.42 Å². The molecule has 5 heteroatoms. The van der Waals surface area contributed by atoms with E-state index in [1.54, 1.807) is 0 Å². The fourth-order valence-electron chi connectivity index (χ4n) is 0.797. The van der Waals surface area contributed by atoms with Crippen LogP contribution >= 0.6 is 37.5 Å². The van der Waals surface area contributed by atoms with Gasteiger partial charge in [0.15, 0.2) is 0 Å². The van der Waals surface area contributed by atoms with Crippen LogP contribution in [0.1, 0.15) is 27.2 Å². The Morgan fingerprint density at radius 3 is 1.89 bits per heavy atom. The number of rotatable bonds is 2. The molecule has 0 nitrogen and oxygen atoms in total. The van der Waals surface area contributed by atoms with E-state index in [9.17, 15) is 0 Å². The molecule has 0 bridgehead atoms. The van der Waals surface area contributed by atoms with Crippen LogP contribution in [0.3, 0.4) is 0 Å². The van der Waals surface area contributed by atoms with Gasteiger partial charge in [-0.25, -0.2) is 12.2 Å². The molecule has 0 unspecified atom stereocenters. The van der Waals surface area contributed by atoms with Crippen LogP contribution in [0, 0.1) is 17.9 Å². The summed E-state index contributed by atoms with van der Waals surface area (Å²) >= 11 is -1.77. The zero-order chi connectivity index (χ0) is 14.6. The Morgan fingerprint density at radius 2 is 1.78 bits per heavy atom. The van der Waals surface area contributed by atoms with Crippen LogP contribution in [0.2, 0.25) is 0 Å². The molecule has 0 radical (unpaired) electrons. The fourth-order valence-corrected chi connectivity index (χ4v) is 1.71. The quantitative estimate of drug-likeness (QED) is 0.394. The van der Waals surface area contributed by atoms with Crippen LogP contribution in [0.5, 0.6) is 0 Å². The minimum atomic E-state index is -1.77. The first-order valence-corrected chi connectivity index (χ1v) is 13.8. The molecule has 0 aromatic rings. The van der Waals surface area contributed by atoms with E-state index in [1.165, 1.54) is 6.16 Å². The number of hydrogen-bond acceptors (Lipinski definition) is 0. The number of halogens is 3. The second kappa shape index (κ2) is 13.4. The van der Waals surface area contributed by atoms with Crippen molar-refractivity contribution in [3.05, 3.63) is 30.7 Å². The van der Waals surface area contributed by atoms with Gasteiger partial charge in [-0.3, -0.25) is 6.08 Å². The third kappa shape index (κ3) is 30.4. The topological polar surface area (TPSA) is 0 Å². The van der Waals surface area contributed by atoms with Crippen LogP contribution in [0.25, 0.3) is 0 Å². The molecular formula is C13H23Cl3PV-2. The van der Waals surface area contributed by atoms with Crippen molar-refractivity contribution in [2.75, 3.05) is 19.5 Å². The predicted molar refractivity (Wildman–Crippen MR) is 86.5 cm³/mol. The summed E-state index contributed by atoms with van der Waals surface area (Å²) < 4.78 is 0. The molecule has 0 aromatic heterocycles. The second-order valence-electron chi connectivity index (χ2n) is 5.03. The van der Waals surface area contributed by atoms with Crippen molar-refractivity contribution < 1.29 is 12.3 Å². The van der Waals surface area contributed by atoms with Crippen LogP contribution in [-0.4, -0.2) is 19.5 Å². The van der Waals surface area contributed by atoms with Gasteiger partial charge in [0.05, 0.1) is 0 Å². The van der Waals surface area contributed by atoms with E-state index in [2.05, 4.69) is 52.7 Å². The van der Waals surface area contributed by atoms with Crippen LogP contribution in [0.4, 0.5) is 0 Å².